The van der Waals surface area contributed by atoms with E-state index in [2.05, 4.69) is 96.2 Å². The standard InChI is InChI=1S/3C8H11.Y/c3*1-7(2)8-5-3-4-6-8;/h3*3,5,7H,4H2,1-2H3;/q3*-1;+3. The molecule has 0 fully saturated rings. The van der Waals surface area contributed by atoms with Crippen molar-refractivity contribution in [1.29, 1.82) is 0 Å². The summed E-state index contributed by atoms with van der Waals surface area (Å²) in [5.41, 5.74) is 4.10. The van der Waals surface area contributed by atoms with Crippen molar-refractivity contribution in [2.75, 3.05) is 0 Å². The molecule has 0 saturated heterocycles. The molecule has 25 heavy (non-hydrogen) atoms. The molecule has 1 heteroatoms. The average molecular weight is 410 g/mol. The van der Waals surface area contributed by atoms with E-state index in [4.69, 9.17) is 0 Å². The van der Waals surface area contributed by atoms with E-state index in [9.17, 15) is 0 Å². The molecule has 0 amide bonds. The van der Waals surface area contributed by atoms with Gasteiger partial charge in [0.05, 0.1) is 0 Å². The minimum Gasteiger partial charge on any atom is -0.269 e. The first-order chi connectivity index (χ1) is 11.4. The van der Waals surface area contributed by atoms with Crippen molar-refractivity contribution < 1.29 is 32.7 Å². The Bertz CT molecular complexity index is 468. The molecule has 3 aliphatic carbocycles. The van der Waals surface area contributed by atoms with Gasteiger partial charge < -0.3 is 0 Å². The fourth-order valence-electron chi connectivity index (χ4n) is 2.45. The fourth-order valence-corrected chi connectivity index (χ4v) is 2.45. The molecule has 3 aliphatic rings. The van der Waals surface area contributed by atoms with Crippen molar-refractivity contribution in [3.05, 3.63) is 71.4 Å². The first kappa shape index (κ1) is 24.5. The van der Waals surface area contributed by atoms with Crippen LogP contribution in [0.3, 0.4) is 0 Å². The second-order valence-corrected chi connectivity index (χ2v) is 7.18. The van der Waals surface area contributed by atoms with Crippen molar-refractivity contribution in [3.63, 3.8) is 0 Å². The molecule has 0 aromatic carbocycles. The van der Waals surface area contributed by atoms with Gasteiger partial charge in [0.2, 0.25) is 0 Å². The van der Waals surface area contributed by atoms with Gasteiger partial charge in [0, 0.05) is 0 Å². The van der Waals surface area contributed by atoms with E-state index in [0.29, 0.717) is 17.8 Å². The van der Waals surface area contributed by atoms with Crippen LogP contribution in [-0.2, 0) is 32.7 Å². The van der Waals surface area contributed by atoms with Crippen LogP contribution in [0.5, 0.6) is 0 Å². The SMILES string of the molecule is CC(C)C1=[C-]CC=C1.CC(C)C1=[C-]CC=C1.CC(C)C1=[C-]CC=C1.[Y+3]. The molecule has 0 atom stereocenters. The Morgan fingerprint density at radius 3 is 0.880 bits per heavy atom. The zero-order chi connectivity index (χ0) is 17.9. The largest absolute Gasteiger partial charge is 3.00 e. The molecule has 0 heterocycles. The van der Waals surface area contributed by atoms with E-state index in [1.54, 1.807) is 0 Å². The molecule has 0 bridgehead atoms. The van der Waals surface area contributed by atoms with Crippen molar-refractivity contribution in [1.82, 2.24) is 0 Å². The van der Waals surface area contributed by atoms with Crippen molar-refractivity contribution in [2.24, 2.45) is 17.8 Å². The van der Waals surface area contributed by atoms with Crippen LogP contribution in [-0.4, -0.2) is 0 Å². The summed E-state index contributed by atoms with van der Waals surface area (Å²) in [5.74, 6) is 1.98. The van der Waals surface area contributed by atoms with Gasteiger partial charge in [-0.3, -0.25) is 18.2 Å². The Balaban J connectivity index is 0.000000339. The van der Waals surface area contributed by atoms with Crippen LogP contribution in [0.15, 0.2) is 53.2 Å². The van der Waals surface area contributed by atoms with Gasteiger partial charge in [-0.25, -0.2) is 34.9 Å². The maximum Gasteiger partial charge on any atom is 3.00 e. The van der Waals surface area contributed by atoms with Crippen LogP contribution >= 0.6 is 0 Å². The normalized spacial score (nSPS) is 16.9. The van der Waals surface area contributed by atoms with Gasteiger partial charge in [0.25, 0.3) is 0 Å². The van der Waals surface area contributed by atoms with E-state index in [1.165, 1.54) is 16.7 Å². The van der Waals surface area contributed by atoms with Crippen LogP contribution in [0, 0.1) is 36.0 Å². The molecule has 0 aromatic heterocycles. The first-order valence-electron chi connectivity index (χ1n) is 9.23. The fraction of sp³-hybridized carbons (Fsp3) is 0.500. The van der Waals surface area contributed by atoms with Crippen LogP contribution in [0.1, 0.15) is 60.8 Å². The molecule has 0 aromatic rings. The molecule has 0 aliphatic heterocycles. The van der Waals surface area contributed by atoms with Gasteiger partial charge in [0.1, 0.15) is 0 Å². The molecule has 0 unspecified atom stereocenters. The summed E-state index contributed by atoms with van der Waals surface area (Å²) in [6.07, 6.45) is 25.8. The molecule has 0 saturated carbocycles. The Morgan fingerprint density at radius 2 is 0.800 bits per heavy atom. The molecule has 0 spiro atoms. The number of hydrogen-bond acceptors (Lipinski definition) is 0. The van der Waals surface area contributed by atoms with Gasteiger partial charge in [0.15, 0.2) is 0 Å². The summed E-state index contributed by atoms with van der Waals surface area (Å²) < 4.78 is 0. The van der Waals surface area contributed by atoms with E-state index in [-0.39, 0.29) is 32.7 Å². The summed E-state index contributed by atoms with van der Waals surface area (Å²) in [7, 11) is 0. The summed E-state index contributed by atoms with van der Waals surface area (Å²) in [6, 6.07) is 0. The Kier molecular flexibility index (Phi) is 13.5. The minimum atomic E-state index is 0. The second kappa shape index (κ2) is 13.7. The van der Waals surface area contributed by atoms with Crippen LogP contribution in [0.4, 0.5) is 0 Å². The molecular formula is C24H33Y. The summed E-state index contributed by atoms with van der Waals surface area (Å²) in [5, 5.41) is 0. The van der Waals surface area contributed by atoms with Crippen LogP contribution < -0.4 is 0 Å². The molecule has 132 valence electrons. The quantitative estimate of drug-likeness (QED) is 0.440. The molecular weight excluding hydrogens is 377 g/mol. The maximum absolute atomic E-state index is 3.26. The monoisotopic (exact) mass is 410 g/mol. The summed E-state index contributed by atoms with van der Waals surface area (Å²) in [4.78, 5) is 0. The first-order valence-corrected chi connectivity index (χ1v) is 9.23. The third kappa shape index (κ3) is 10.3. The zero-order valence-corrected chi connectivity index (χ0v) is 19.7. The van der Waals surface area contributed by atoms with Crippen LogP contribution in [0.25, 0.3) is 0 Å². The predicted molar refractivity (Wildman–Crippen MR) is 106 cm³/mol. The molecule has 0 N–H and O–H groups in total. The van der Waals surface area contributed by atoms with E-state index >= 15 is 0 Å². The molecule has 0 nitrogen and oxygen atoms in total. The van der Waals surface area contributed by atoms with Crippen molar-refractivity contribution >= 4 is 0 Å². The van der Waals surface area contributed by atoms with Crippen LogP contribution in [0.2, 0.25) is 0 Å². The number of hydrogen-bond donors (Lipinski definition) is 0. The molecule has 3 rings (SSSR count). The third-order valence-corrected chi connectivity index (χ3v) is 4.03. The van der Waals surface area contributed by atoms with Gasteiger partial charge in [-0.05, 0) is 0 Å². The molecule has 0 radical (unpaired) electrons. The van der Waals surface area contributed by atoms with E-state index < -0.39 is 0 Å². The predicted octanol–water partition coefficient (Wildman–Crippen LogP) is 6.99. The number of rotatable bonds is 3. The van der Waals surface area contributed by atoms with E-state index in [0.717, 1.165) is 19.3 Å². The third-order valence-electron chi connectivity index (χ3n) is 4.03. The van der Waals surface area contributed by atoms with Gasteiger partial charge in [-0.15, -0.1) is 19.3 Å². The minimum absolute atomic E-state index is 0. The topological polar surface area (TPSA) is 0 Å². The van der Waals surface area contributed by atoms with Crippen molar-refractivity contribution in [2.45, 2.75) is 60.8 Å². The average Bonchev–Trinajstić information content (AvgIpc) is 3.29. The van der Waals surface area contributed by atoms with Gasteiger partial charge in [-0.2, -0.15) is 18.2 Å². The smallest absolute Gasteiger partial charge is 0.269 e. The van der Waals surface area contributed by atoms with Crippen molar-refractivity contribution in [3.8, 4) is 0 Å². The number of allylic oxidation sites excluding steroid dienone is 12. The van der Waals surface area contributed by atoms with Gasteiger partial charge in [-0.1, -0.05) is 59.3 Å². The Morgan fingerprint density at radius 1 is 0.560 bits per heavy atom. The second-order valence-electron chi connectivity index (χ2n) is 7.18. The van der Waals surface area contributed by atoms with E-state index in [1.807, 2.05) is 0 Å². The zero-order valence-electron chi connectivity index (χ0n) is 16.9. The maximum atomic E-state index is 3.26. The Labute approximate surface area is 181 Å². The summed E-state index contributed by atoms with van der Waals surface area (Å²) >= 11 is 0. The van der Waals surface area contributed by atoms with Gasteiger partial charge >= 0.3 is 32.7 Å². The Hall–Kier alpha value is -0.456. The summed E-state index contributed by atoms with van der Waals surface area (Å²) in [6.45, 7) is 13.2.